The van der Waals surface area contributed by atoms with Gasteiger partial charge in [0.15, 0.2) is 6.10 Å². The first-order chi connectivity index (χ1) is 10.4. The molecule has 2 atom stereocenters. The van der Waals surface area contributed by atoms with Crippen LogP contribution >= 0.6 is 0 Å². The van der Waals surface area contributed by atoms with Gasteiger partial charge in [0.1, 0.15) is 0 Å². The van der Waals surface area contributed by atoms with E-state index in [9.17, 15) is 18.3 Å². The van der Waals surface area contributed by atoms with Gasteiger partial charge in [-0.1, -0.05) is 48.5 Å². The zero-order chi connectivity index (χ0) is 15.9. The summed E-state index contributed by atoms with van der Waals surface area (Å²) in [5.41, 5.74) is 6.00. The fourth-order valence-corrected chi connectivity index (χ4v) is 2.73. The molecule has 0 heterocycles. The van der Waals surface area contributed by atoms with Crippen molar-refractivity contribution >= 4 is 21.5 Å². The highest BCUT2D eigenvalue weighted by atomic mass is 19.4. The maximum Gasteiger partial charge on any atom is 0.416 e. The summed E-state index contributed by atoms with van der Waals surface area (Å²) in [7, 11) is 0. The van der Waals surface area contributed by atoms with Gasteiger partial charge in [-0.25, -0.2) is 0 Å². The second-order valence-electron chi connectivity index (χ2n) is 5.24. The highest BCUT2D eigenvalue weighted by Gasteiger charge is 2.43. The third-order valence-electron chi connectivity index (χ3n) is 3.83. The third-order valence-corrected chi connectivity index (χ3v) is 3.83. The molecule has 22 heavy (non-hydrogen) atoms. The maximum atomic E-state index is 12.8. The number of aliphatic hydroxyl groups excluding tert-OH is 1. The highest BCUT2D eigenvalue weighted by Crippen LogP contribution is 2.35. The molecule has 0 spiro atoms. The molecule has 0 bridgehead atoms. The van der Waals surface area contributed by atoms with Crippen LogP contribution in [0.1, 0.15) is 11.6 Å². The minimum Gasteiger partial charge on any atom is -0.382 e. The SMILES string of the molecule is N[C@H](c1cc2ccccc2c2ccccc12)[C@@H](O)C(F)(F)F. The van der Waals surface area contributed by atoms with E-state index in [-0.39, 0.29) is 0 Å². The van der Waals surface area contributed by atoms with Gasteiger partial charge in [-0.3, -0.25) is 0 Å². The normalized spacial score (nSPS) is 15.1. The average Bonchev–Trinajstić information content (AvgIpc) is 2.52. The molecular weight excluding hydrogens is 291 g/mol. The smallest absolute Gasteiger partial charge is 0.382 e. The first kappa shape index (κ1) is 14.8. The standard InChI is InChI=1S/C17H14F3NO/c18-17(19,20)16(22)15(21)14-9-10-5-1-2-6-11(10)12-7-3-4-8-13(12)14/h1-9,15-16,22H,21H2/t15-,16-/m1/s1. The van der Waals surface area contributed by atoms with Crippen LogP contribution < -0.4 is 5.73 Å². The number of nitrogens with two attached hydrogens (primary N) is 1. The van der Waals surface area contributed by atoms with E-state index >= 15 is 0 Å². The number of rotatable bonds is 2. The van der Waals surface area contributed by atoms with Gasteiger partial charge in [-0.05, 0) is 33.2 Å². The molecule has 0 aliphatic carbocycles. The number of alkyl halides is 3. The van der Waals surface area contributed by atoms with E-state index in [1.165, 1.54) is 0 Å². The fraction of sp³-hybridized carbons (Fsp3) is 0.176. The zero-order valence-corrected chi connectivity index (χ0v) is 11.5. The lowest BCUT2D eigenvalue weighted by molar-refractivity contribution is -0.210. The lowest BCUT2D eigenvalue weighted by Crippen LogP contribution is -2.38. The summed E-state index contributed by atoms with van der Waals surface area (Å²) in [5, 5.41) is 12.7. The first-order valence-corrected chi connectivity index (χ1v) is 6.80. The van der Waals surface area contributed by atoms with Crippen LogP contribution in [0.5, 0.6) is 0 Å². The molecule has 114 valence electrons. The Labute approximate surface area is 125 Å². The minimum atomic E-state index is -4.76. The molecular formula is C17H14F3NO. The molecule has 0 aliphatic heterocycles. The number of fused-ring (bicyclic) bond motifs is 3. The van der Waals surface area contributed by atoms with Gasteiger partial charge >= 0.3 is 6.18 Å². The second kappa shape index (κ2) is 5.26. The van der Waals surface area contributed by atoms with Gasteiger partial charge in [-0.15, -0.1) is 0 Å². The predicted octanol–water partition coefficient (Wildman–Crippen LogP) is 3.92. The fourth-order valence-electron chi connectivity index (χ4n) is 2.73. The number of hydrogen-bond acceptors (Lipinski definition) is 2. The van der Waals surface area contributed by atoms with Gasteiger partial charge in [0, 0.05) is 0 Å². The summed E-state index contributed by atoms with van der Waals surface area (Å²) >= 11 is 0. The molecule has 3 aromatic carbocycles. The Balaban J connectivity index is 2.28. The molecule has 3 rings (SSSR count). The monoisotopic (exact) mass is 305 g/mol. The molecule has 3 aromatic rings. The summed E-state index contributed by atoms with van der Waals surface area (Å²) in [6.45, 7) is 0. The number of benzene rings is 3. The van der Waals surface area contributed by atoms with Crippen molar-refractivity contribution in [2.24, 2.45) is 5.73 Å². The van der Waals surface area contributed by atoms with Crippen LogP contribution in [0.25, 0.3) is 21.5 Å². The summed E-state index contributed by atoms with van der Waals surface area (Å²) in [5.74, 6) is 0. The van der Waals surface area contributed by atoms with E-state index in [1.54, 1.807) is 18.2 Å². The number of halogens is 3. The molecule has 0 saturated carbocycles. The van der Waals surface area contributed by atoms with E-state index in [1.807, 2.05) is 36.4 Å². The molecule has 0 aliphatic rings. The van der Waals surface area contributed by atoms with E-state index in [0.717, 1.165) is 16.2 Å². The summed E-state index contributed by atoms with van der Waals surface area (Å²) in [6.07, 6.45) is -7.36. The molecule has 0 fully saturated rings. The van der Waals surface area contributed by atoms with E-state index in [0.29, 0.717) is 10.9 Å². The van der Waals surface area contributed by atoms with Crippen molar-refractivity contribution in [2.75, 3.05) is 0 Å². The van der Waals surface area contributed by atoms with Gasteiger partial charge in [0.2, 0.25) is 0 Å². The second-order valence-corrected chi connectivity index (χ2v) is 5.24. The van der Waals surface area contributed by atoms with Gasteiger partial charge in [0.05, 0.1) is 6.04 Å². The number of hydrogen-bond donors (Lipinski definition) is 2. The van der Waals surface area contributed by atoms with E-state index in [4.69, 9.17) is 5.73 Å². The van der Waals surface area contributed by atoms with Crippen molar-refractivity contribution in [3.8, 4) is 0 Å². The first-order valence-electron chi connectivity index (χ1n) is 6.80. The molecule has 3 N–H and O–H groups in total. The Hall–Kier alpha value is -2.11. The summed E-state index contributed by atoms with van der Waals surface area (Å²) in [6, 6.07) is 14.6. The molecule has 0 saturated heterocycles. The molecule has 5 heteroatoms. The van der Waals surface area contributed by atoms with Crippen molar-refractivity contribution < 1.29 is 18.3 Å². The van der Waals surface area contributed by atoms with Crippen LogP contribution in [0.15, 0.2) is 54.6 Å². The molecule has 0 unspecified atom stereocenters. The Kier molecular flexibility index (Phi) is 3.54. The summed E-state index contributed by atoms with van der Waals surface area (Å²) < 4.78 is 38.3. The van der Waals surface area contributed by atoms with Crippen LogP contribution in [-0.4, -0.2) is 17.4 Å². The van der Waals surface area contributed by atoms with Gasteiger partial charge < -0.3 is 10.8 Å². The minimum absolute atomic E-state index is 0.291. The Morgan fingerprint density at radius 1 is 0.864 bits per heavy atom. The van der Waals surface area contributed by atoms with Crippen LogP contribution in [-0.2, 0) is 0 Å². The lowest BCUT2D eigenvalue weighted by atomic mass is 9.91. The van der Waals surface area contributed by atoms with Crippen molar-refractivity contribution in [1.29, 1.82) is 0 Å². The van der Waals surface area contributed by atoms with Crippen LogP contribution in [0.2, 0.25) is 0 Å². The molecule has 0 radical (unpaired) electrons. The molecule has 0 aromatic heterocycles. The topological polar surface area (TPSA) is 46.2 Å². The molecule has 0 amide bonds. The van der Waals surface area contributed by atoms with Crippen molar-refractivity contribution in [3.63, 3.8) is 0 Å². The predicted molar refractivity (Wildman–Crippen MR) is 80.4 cm³/mol. The third kappa shape index (κ3) is 2.42. The van der Waals surface area contributed by atoms with Crippen LogP contribution in [0.4, 0.5) is 13.2 Å². The van der Waals surface area contributed by atoms with Crippen molar-refractivity contribution in [3.05, 3.63) is 60.2 Å². The summed E-state index contributed by atoms with van der Waals surface area (Å²) in [4.78, 5) is 0. The van der Waals surface area contributed by atoms with Crippen LogP contribution in [0.3, 0.4) is 0 Å². The van der Waals surface area contributed by atoms with Gasteiger partial charge in [0.25, 0.3) is 0 Å². The highest BCUT2D eigenvalue weighted by molar-refractivity contribution is 6.09. The van der Waals surface area contributed by atoms with Crippen LogP contribution in [0, 0.1) is 0 Å². The quantitative estimate of drug-likeness (QED) is 0.705. The maximum absolute atomic E-state index is 12.8. The van der Waals surface area contributed by atoms with Crippen molar-refractivity contribution in [2.45, 2.75) is 18.3 Å². The van der Waals surface area contributed by atoms with E-state index < -0.39 is 18.3 Å². The van der Waals surface area contributed by atoms with E-state index in [2.05, 4.69) is 0 Å². The molecule has 2 nitrogen and oxygen atoms in total. The van der Waals surface area contributed by atoms with Crippen molar-refractivity contribution in [1.82, 2.24) is 0 Å². The Morgan fingerprint density at radius 3 is 2.05 bits per heavy atom. The largest absolute Gasteiger partial charge is 0.416 e. The van der Waals surface area contributed by atoms with Gasteiger partial charge in [-0.2, -0.15) is 13.2 Å². The zero-order valence-electron chi connectivity index (χ0n) is 11.5. The number of aliphatic hydroxyl groups is 1. The Bertz CT molecular complexity index is 829. The average molecular weight is 305 g/mol. The Morgan fingerprint density at radius 2 is 1.41 bits per heavy atom. The lowest BCUT2D eigenvalue weighted by Gasteiger charge is -2.23.